The van der Waals surface area contributed by atoms with Crippen molar-refractivity contribution in [3.8, 4) is 0 Å². The van der Waals surface area contributed by atoms with E-state index in [0.29, 0.717) is 6.04 Å². The van der Waals surface area contributed by atoms with Gasteiger partial charge in [-0.3, -0.25) is 0 Å². The first-order valence-corrected chi connectivity index (χ1v) is 6.52. The number of nitrogens with one attached hydrogen (secondary N) is 1. The molecule has 0 saturated heterocycles. The summed E-state index contributed by atoms with van der Waals surface area (Å²) in [5.74, 6) is 1.20. The molecule has 92 valence electrons. The van der Waals surface area contributed by atoms with Crippen LogP contribution in [-0.4, -0.2) is 22.6 Å². The van der Waals surface area contributed by atoms with Crippen LogP contribution in [0.15, 0.2) is 12.4 Å². The summed E-state index contributed by atoms with van der Waals surface area (Å²) >= 11 is 0. The van der Waals surface area contributed by atoms with E-state index < -0.39 is 0 Å². The van der Waals surface area contributed by atoms with Crippen molar-refractivity contribution in [2.75, 3.05) is 13.1 Å². The van der Waals surface area contributed by atoms with Crippen molar-refractivity contribution in [2.24, 2.45) is 0 Å². The fourth-order valence-corrected chi connectivity index (χ4v) is 1.98. The first kappa shape index (κ1) is 13.2. The molecule has 3 nitrogen and oxygen atoms in total. The SMILES string of the molecule is CCCNCCCC(C)n1ccnc1CC. The van der Waals surface area contributed by atoms with Crippen molar-refractivity contribution < 1.29 is 0 Å². The van der Waals surface area contributed by atoms with E-state index in [1.165, 1.54) is 25.1 Å². The van der Waals surface area contributed by atoms with E-state index in [0.717, 1.165) is 19.5 Å². The topological polar surface area (TPSA) is 29.9 Å². The molecule has 1 heterocycles. The molecule has 0 amide bonds. The maximum Gasteiger partial charge on any atom is 0.108 e. The normalized spacial score (nSPS) is 12.9. The molecule has 1 N–H and O–H groups in total. The quantitative estimate of drug-likeness (QED) is 0.687. The second-order valence-electron chi connectivity index (χ2n) is 4.35. The predicted octanol–water partition coefficient (Wildman–Crippen LogP) is 2.79. The third kappa shape index (κ3) is 3.97. The van der Waals surface area contributed by atoms with Gasteiger partial charge in [0.1, 0.15) is 5.82 Å². The highest BCUT2D eigenvalue weighted by Gasteiger charge is 2.07. The van der Waals surface area contributed by atoms with Crippen LogP contribution in [0, 0.1) is 0 Å². The molecule has 0 fully saturated rings. The minimum absolute atomic E-state index is 0.570. The van der Waals surface area contributed by atoms with E-state index in [4.69, 9.17) is 0 Å². The zero-order valence-corrected chi connectivity index (χ0v) is 10.9. The summed E-state index contributed by atoms with van der Waals surface area (Å²) in [5.41, 5.74) is 0. The lowest BCUT2D eigenvalue weighted by molar-refractivity contribution is 0.463. The molecule has 0 bridgehead atoms. The van der Waals surface area contributed by atoms with Crippen molar-refractivity contribution in [3.63, 3.8) is 0 Å². The molecule has 3 heteroatoms. The third-order valence-electron chi connectivity index (χ3n) is 2.94. The Balaban J connectivity index is 2.27. The molecule has 0 aliphatic heterocycles. The van der Waals surface area contributed by atoms with Gasteiger partial charge >= 0.3 is 0 Å². The molecule has 1 atom stereocenters. The third-order valence-corrected chi connectivity index (χ3v) is 2.94. The molecule has 0 aromatic carbocycles. The lowest BCUT2D eigenvalue weighted by Crippen LogP contribution is -2.17. The maximum atomic E-state index is 4.36. The smallest absolute Gasteiger partial charge is 0.108 e. The van der Waals surface area contributed by atoms with Gasteiger partial charge in [0.05, 0.1) is 0 Å². The fourth-order valence-electron chi connectivity index (χ4n) is 1.98. The maximum absolute atomic E-state index is 4.36. The standard InChI is InChI=1S/C13H25N3/c1-4-8-14-9-6-7-12(3)16-11-10-15-13(16)5-2/h10-12,14H,4-9H2,1-3H3. The number of aromatic nitrogens is 2. The van der Waals surface area contributed by atoms with E-state index >= 15 is 0 Å². The molecule has 0 spiro atoms. The highest BCUT2D eigenvalue weighted by atomic mass is 15.1. The van der Waals surface area contributed by atoms with Gasteiger partial charge in [0.2, 0.25) is 0 Å². The minimum atomic E-state index is 0.570. The average Bonchev–Trinajstić information content (AvgIpc) is 2.76. The Bertz CT molecular complexity index is 280. The number of hydrogen-bond acceptors (Lipinski definition) is 2. The molecule has 1 aromatic rings. The Morgan fingerprint density at radius 1 is 1.38 bits per heavy atom. The van der Waals surface area contributed by atoms with Crippen molar-refractivity contribution in [1.29, 1.82) is 0 Å². The van der Waals surface area contributed by atoms with Gasteiger partial charge in [-0.15, -0.1) is 0 Å². The van der Waals surface area contributed by atoms with Crippen LogP contribution in [-0.2, 0) is 6.42 Å². The largest absolute Gasteiger partial charge is 0.332 e. The number of rotatable bonds is 8. The zero-order valence-electron chi connectivity index (χ0n) is 10.9. The van der Waals surface area contributed by atoms with Crippen molar-refractivity contribution in [3.05, 3.63) is 18.2 Å². The van der Waals surface area contributed by atoms with Crippen LogP contribution in [0.5, 0.6) is 0 Å². The van der Waals surface area contributed by atoms with Crippen LogP contribution in [0.25, 0.3) is 0 Å². The van der Waals surface area contributed by atoms with Crippen molar-refractivity contribution in [2.45, 2.75) is 52.5 Å². The Kier molecular flexibility index (Phi) is 6.16. The molecular weight excluding hydrogens is 198 g/mol. The minimum Gasteiger partial charge on any atom is -0.332 e. The molecule has 0 aliphatic rings. The summed E-state index contributed by atoms with van der Waals surface area (Å²) in [5, 5.41) is 3.44. The van der Waals surface area contributed by atoms with Crippen LogP contribution in [0.1, 0.15) is 51.9 Å². The number of imidazole rings is 1. The monoisotopic (exact) mass is 223 g/mol. The zero-order chi connectivity index (χ0) is 11.8. The van der Waals surface area contributed by atoms with Crippen LogP contribution in [0.2, 0.25) is 0 Å². The number of hydrogen-bond donors (Lipinski definition) is 1. The first-order valence-electron chi connectivity index (χ1n) is 6.52. The Labute approximate surface area is 99.3 Å². The van der Waals surface area contributed by atoms with Gasteiger partial charge < -0.3 is 9.88 Å². The van der Waals surface area contributed by atoms with Gasteiger partial charge in [0.15, 0.2) is 0 Å². The lowest BCUT2D eigenvalue weighted by Gasteiger charge is -2.15. The van der Waals surface area contributed by atoms with Crippen LogP contribution in [0.4, 0.5) is 0 Å². The summed E-state index contributed by atoms with van der Waals surface area (Å²) in [6.07, 6.45) is 8.71. The molecule has 16 heavy (non-hydrogen) atoms. The summed E-state index contributed by atoms with van der Waals surface area (Å²) in [6, 6.07) is 0.570. The molecular formula is C13H25N3. The molecule has 1 rings (SSSR count). The second kappa shape index (κ2) is 7.44. The van der Waals surface area contributed by atoms with Gasteiger partial charge in [-0.05, 0) is 39.3 Å². The van der Waals surface area contributed by atoms with Gasteiger partial charge in [-0.25, -0.2) is 4.98 Å². The number of nitrogens with zero attached hydrogens (tertiary/aromatic N) is 2. The van der Waals surface area contributed by atoms with Gasteiger partial charge in [-0.2, -0.15) is 0 Å². The summed E-state index contributed by atoms with van der Waals surface area (Å²) in [7, 11) is 0. The highest BCUT2D eigenvalue weighted by Crippen LogP contribution is 2.15. The van der Waals surface area contributed by atoms with E-state index in [2.05, 4.69) is 41.8 Å². The summed E-state index contributed by atoms with van der Waals surface area (Å²) < 4.78 is 2.31. The van der Waals surface area contributed by atoms with Crippen LogP contribution < -0.4 is 5.32 Å². The van der Waals surface area contributed by atoms with Crippen LogP contribution in [0.3, 0.4) is 0 Å². The van der Waals surface area contributed by atoms with E-state index in [9.17, 15) is 0 Å². The summed E-state index contributed by atoms with van der Waals surface area (Å²) in [6.45, 7) is 8.91. The summed E-state index contributed by atoms with van der Waals surface area (Å²) in [4.78, 5) is 4.36. The number of aryl methyl sites for hydroxylation is 1. The Morgan fingerprint density at radius 2 is 2.19 bits per heavy atom. The molecule has 1 unspecified atom stereocenters. The lowest BCUT2D eigenvalue weighted by atomic mass is 10.1. The van der Waals surface area contributed by atoms with E-state index in [-0.39, 0.29) is 0 Å². The van der Waals surface area contributed by atoms with Gasteiger partial charge in [0.25, 0.3) is 0 Å². The van der Waals surface area contributed by atoms with E-state index in [1.807, 2.05) is 6.20 Å². The Morgan fingerprint density at radius 3 is 2.88 bits per heavy atom. The molecule has 1 aromatic heterocycles. The molecule has 0 saturated carbocycles. The average molecular weight is 223 g/mol. The molecule has 0 aliphatic carbocycles. The first-order chi connectivity index (χ1) is 7.79. The predicted molar refractivity (Wildman–Crippen MR) is 68.7 cm³/mol. The Hall–Kier alpha value is -0.830. The van der Waals surface area contributed by atoms with Crippen molar-refractivity contribution >= 4 is 0 Å². The van der Waals surface area contributed by atoms with E-state index in [1.54, 1.807) is 0 Å². The van der Waals surface area contributed by atoms with Gasteiger partial charge in [0, 0.05) is 24.9 Å². The highest BCUT2D eigenvalue weighted by molar-refractivity contribution is 4.94. The van der Waals surface area contributed by atoms with Crippen LogP contribution >= 0.6 is 0 Å². The molecule has 0 radical (unpaired) electrons. The van der Waals surface area contributed by atoms with Gasteiger partial charge in [-0.1, -0.05) is 13.8 Å². The van der Waals surface area contributed by atoms with Crippen molar-refractivity contribution in [1.82, 2.24) is 14.9 Å². The fraction of sp³-hybridized carbons (Fsp3) is 0.769. The second-order valence-corrected chi connectivity index (χ2v) is 4.35.